The highest BCUT2D eigenvalue weighted by Gasteiger charge is 2.19. The molecular weight excluding hydrogens is 535 g/mol. The molecule has 1 aromatic rings. The Morgan fingerprint density at radius 3 is 2.54 bits per heavy atom. The lowest BCUT2D eigenvalue weighted by Gasteiger charge is -2.33. The average Bonchev–Trinajstić information content (AvgIpc) is 2.69. The van der Waals surface area contributed by atoms with Crippen molar-refractivity contribution in [3.8, 4) is 0 Å². The first-order valence-corrected chi connectivity index (χ1v) is 10.5. The highest BCUT2D eigenvalue weighted by molar-refractivity contribution is 14.0. The highest BCUT2D eigenvalue weighted by atomic mass is 127. The molecule has 8 heteroatoms. The fourth-order valence-electron chi connectivity index (χ4n) is 3.10. The fourth-order valence-corrected chi connectivity index (χ4v) is 3.36. The second-order valence-electron chi connectivity index (χ2n) is 6.78. The Labute approximate surface area is 195 Å². The lowest BCUT2D eigenvalue weighted by molar-refractivity contribution is 0.0698. The molecule has 1 saturated heterocycles. The largest absolute Gasteiger partial charge is 0.382 e. The average molecular weight is 569 g/mol. The molecule has 0 spiro atoms. The molecule has 0 aromatic heterocycles. The van der Waals surface area contributed by atoms with E-state index in [1.54, 1.807) is 7.11 Å². The molecule has 0 bridgehead atoms. The summed E-state index contributed by atoms with van der Waals surface area (Å²) < 4.78 is 11.6. The Morgan fingerprint density at radius 1 is 1.18 bits per heavy atom. The molecule has 1 aliphatic heterocycles. The summed E-state index contributed by atoms with van der Waals surface area (Å²) in [5.74, 6) is 0.887. The Morgan fingerprint density at radius 2 is 1.89 bits per heavy atom. The van der Waals surface area contributed by atoms with Crippen molar-refractivity contribution in [1.29, 1.82) is 0 Å². The second kappa shape index (κ2) is 15.4. The van der Waals surface area contributed by atoms with E-state index in [1.807, 2.05) is 7.05 Å². The molecule has 2 N–H and O–H groups in total. The monoisotopic (exact) mass is 568 g/mol. The number of hydrogen-bond donors (Lipinski definition) is 2. The van der Waals surface area contributed by atoms with Gasteiger partial charge in [0.2, 0.25) is 0 Å². The normalized spacial score (nSPS) is 15.9. The molecule has 2 rings (SSSR count). The number of ether oxygens (including phenoxy) is 2. The molecule has 0 unspecified atom stereocenters. The van der Waals surface area contributed by atoms with Gasteiger partial charge in [-0.15, -0.1) is 24.0 Å². The molecule has 1 aromatic carbocycles. The third-order valence-electron chi connectivity index (χ3n) is 4.66. The van der Waals surface area contributed by atoms with E-state index < -0.39 is 0 Å². The van der Waals surface area contributed by atoms with Crippen LogP contribution >= 0.6 is 39.9 Å². The molecule has 1 heterocycles. The van der Waals surface area contributed by atoms with Crippen molar-refractivity contribution in [2.45, 2.75) is 31.8 Å². The summed E-state index contributed by atoms with van der Waals surface area (Å²) in [7, 11) is 3.51. The van der Waals surface area contributed by atoms with Gasteiger partial charge in [0.15, 0.2) is 5.96 Å². The minimum atomic E-state index is 0. The van der Waals surface area contributed by atoms with Crippen LogP contribution in [0.25, 0.3) is 0 Å². The predicted molar refractivity (Wildman–Crippen MR) is 130 cm³/mol. The number of guanidine groups is 1. The first-order chi connectivity index (χ1) is 13.2. The van der Waals surface area contributed by atoms with E-state index in [2.05, 4.69) is 60.7 Å². The van der Waals surface area contributed by atoms with Gasteiger partial charge in [0.05, 0.1) is 13.2 Å². The summed E-state index contributed by atoms with van der Waals surface area (Å²) in [6.45, 7) is 6.14. The van der Waals surface area contributed by atoms with Crippen LogP contribution in [0.2, 0.25) is 0 Å². The summed E-state index contributed by atoms with van der Waals surface area (Å²) in [5, 5.41) is 6.93. The summed E-state index contributed by atoms with van der Waals surface area (Å²) in [4.78, 5) is 6.86. The van der Waals surface area contributed by atoms with Gasteiger partial charge in [-0.05, 0) is 37.0 Å². The molecule has 6 nitrogen and oxygen atoms in total. The maximum Gasteiger partial charge on any atom is 0.191 e. The Balaban J connectivity index is 0.00000392. The van der Waals surface area contributed by atoms with Crippen LogP contribution in [0.5, 0.6) is 0 Å². The number of hydrogen-bond acceptors (Lipinski definition) is 4. The molecule has 1 aliphatic rings. The number of aliphatic imine (C=N–C) groups is 1. The molecule has 1 fully saturated rings. The van der Waals surface area contributed by atoms with E-state index in [0.717, 1.165) is 62.5 Å². The number of nitrogens with one attached hydrogen (secondary N) is 2. The van der Waals surface area contributed by atoms with Gasteiger partial charge in [-0.3, -0.25) is 9.89 Å². The fraction of sp³-hybridized carbons (Fsp3) is 0.650. The van der Waals surface area contributed by atoms with Gasteiger partial charge in [-0.1, -0.05) is 28.1 Å². The minimum Gasteiger partial charge on any atom is -0.382 e. The summed E-state index contributed by atoms with van der Waals surface area (Å²) in [5.41, 5.74) is 1.37. The van der Waals surface area contributed by atoms with Crippen molar-refractivity contribution in [3.63, 3.8) is 0 Å². The van der Waals surface area contributed by atoms with Crippen molar-refractivity contribution in [3.05, 3.63) is 34.3 Å². The van der Waals surface area contributed by atoms with Crippen molar-refractivity contribution >= 4 is 45.9 Å². The SMILES string of the molecule is CN=C(NCCCOCCOC)NC1CCN(Cc2ccc(Br)cc2)CC1.I. The number of nitrogens with zero attached hydrogens (tertiary/aromatic N) is 2. The molecule has 28 heavy (non-hydrogen) atoms. The third-order valence-corrected chi connectivity index (χ3v) is 5.19. The van der Waals surface area contributed by atoms with Crippen LogP contribution in [0.3, 0.4) is 0 Å². The van der Waals surface area contributed by atoms with Gasteiger partial charge < -0.3 is 20.1 Å². The lowest BCUT2D eigenvalue weighted by Crippen LogP contribution is -2.48. The molecule has 0 aliphatic carbocycles. The smallest absolute Gasteiger partial charge is 0.191 e. The number of halogens is 2. The first kappa shape index (κ1) is 25.6. The maximum atomic E-state index is 5.47. The predicted octanol–water partition coefficient (Wildman–Crippen LogP) is 3.25. The van der Waals surface area contributed by atoms with E-state index in [9.17, 15) is 0 Å². The number of methoxy groups -OCH3 is 1. The van der Waals surface area contributed by atoms with E-state index in [0.29, 0.717) is 19.3 Å². The van der Waals surface area contributed by atoms with E-state index in [4.69, 9.17) is 9.47 Å². The van der Waals surface area contributed by atoms with Crippen LogP contribution in [0.15, 0.2) is 33.7 Å². The molecule has 0 radical (unpaired) electrons. The van der Waals surface area contributed by atoms with E-state index in [-0.39, 0.29) is 24.0 Å². The number of piperidine rings is 1. The second-order valence-corrected chi connectivity index (χ2v) is 7.69. The summed E-state index contributed by atoms with van der Waals surface area (Å²) >= 11 is 3.49. The van der Waals surface area contributed by atoms with Crippen molar-refractivity contribution in [1.82, 2.24) is 15.5 Å². The Kier molecular flexibility index (Phi) is 14.1. The van der Waals surface area contributed by atoms with Gasteiger partial charge >= 0.3 is 0 Å². The van der Waals surface area contributed by atoms with Crippen molar-refractivity contribution < 1.29 is 9.47 Å². The van der Waals surface area contributed by atoms with Crippen LogP contribution in [0, 0.1) is 0 Å². The van der Waals surface area contributed by atoms with Crippen LogP contribution in [-0.4, -0.2) is 70.5 Å². The first-order valence-electron chi connectivity index (χ1n) is 9.72. The van der Waals surface area contributed by atoms with Gasteiger partial charge in [-0.2, -0.15) is 0 Å². The van der Waals surface area contributed by atoms with E-state index >= 15 is 0 Å². The maximum absolute atomic E-state index is 5.47. The van der Waals surface area contributed by atoms with Crippen molar-refractivity contribution in [2.24, 2.45) is 4.99 Å². The zero-order chi connectivity index (χ0) is 19.3. The third kappa shape index (κ3) is 10.4. The molecule has 0 atom stereocenters. The number of likely N-dealkylation sites (tertiary alicyclic amines) is 1. The van der Waals surface area contributed by atoms with Gasteiger partial charge in [0, 0.05) is 57.5 Å². The summed E-state index contributed by atoms with van der Waals surface area (Å²) in [6, 6.07) is 9.10. The molecule has 0 saturated carbocycles. The van der Waals surface area contributed by atoms with Gasteiger partial charge in [0.25, 0.3) is 0 Å². The summed E-state index contributed by atoms with van der Waals surface area (Å²) in [6.07, 6.45) is 3.23. The zero-order valence-electron chi connectivity index (χ0n) is 17.0. The van der Waals surface area contributed by atoms with Gasteiger partial charge in [-0.25, -0.2) is 0 Å². The lowest BCUT2D eigenvalue weighted by atomic mass is 10.0. The van der Waals surface area contributed by atoms with Crippen LogP contribution in [0.1, 0.15) is 24.8 Å². The quantitative estimate of drug-likeness (QED) is 0.196. The van der Waals surface area contributed by atoms with E-state index in [1.165, 1.54) is 5.56 Å². The molecule has 160 valence electrons. The Bertz CT molecular complexity index is 552. The minimum absolute atomic E-state index is 0. The highest BCUT2D eigenvalue weighted by Crippen LogP contribution is 2.16. The van der Waals surface area contributed by atoms with Crippen molar-refractivity contribution in [2.75, 3.05) is 53.6 Å². The van der Waals surface area contributed by atoms with Gasteiger partial charge in [0.1, 0.15) is 0 Å². The molecular formula is C20H34BrIN4O2. The number of rotatable bonds is 10. The van der Waals surface area contributed by atoms with Crippen LogP contribution < -0.4 is 10.6 Å². The van der Waals surface area contributed by atoms with Crippen LogP contribution in [-0.2, 0) is 16.0 Å². The van der Waals surface area contributed by atoms with Crippen LogP contribution in [0.4, 0.5) is 0 Å². The Hall–Kier alpha value is -0.420. The number of benzene rings is 1. The standard InChI is InChI=1S/C20H33BrN4O2.HI/c1-22-20(23-10-3-13-27-15-14-26-2)24-19-8-11-25(12-9-19)16-17-4-6-18(21)7-5-17;/h4-7,19H,3,8-16H2,1-2H3,(H2,22,23,24);1H. The zero-order valence-corrected chi connectivity index (χ0v) is 20.9. The topological polar surface area (TPSA) is 58.1 Å². The molecule has 0 amide bonds.